The van der Waals surface area contributed by atoms with E-state index < -0.39 is 0 Å². The lowest BCUT2D eigenvalue weighted by Crippen LogP contribution is -2.29. The van der Waals surface area contributed by atoms with Crippen LogP contribution in [0.25, 0.3) is 6.08 Å². The molecule has 0 aliphatic carbocycles. The van der Waals surface area contributed by atoms with Crippen molar-refractivity contribution in [1.29, 1.82) is 5.26 Å². The van der Waals surface area contributed by atoms with Crippen LogP contribution in [0.4, 0.5) is 0 Å². The van der Waals surface area contributed by atoms with Crippen LogP contribution in [0.1, 0.15) is 17.6 Å². The average molecular weight is 249 g/mol. The Morgan fingerprint density at radius 1 is 1.76 bits per heavy atom. The summed E-state index contributed by atoms with van der Waals surface area (Å²) in [7, 11) is 1.69. The molecular formula is C12H15N3OS. The number of carbonyl (C=O) groups excluding carboxylic acids is 1. The van der Waals surface area contributed by atoms with Gasteiger partial charge in [-0.25, -0.2) is 4.98 Å². The third kappa shape index (κ3) is 4.37. The lowest BCUT2D eigenvalue weighted by Gasteiger charge is -2.15. The maximum absolute atomic E-state index is 11.7. The van der Waals surface area contributed by atoms with E-state index in [1.54, 1.807) is 31.4 Å². The highest BCUT2D eigenvalue weighted by Gasteiger charge is 2.09. The van der Waals surface area contributed by atoms with E-state index in [1.165, 1.54) is 11.0 Å². The molecule has 0 spiro atoms. The molecule has 1 amide bonds. The van der Waals surface area contributed by atoms with Gasteiger partial charge in [0.15, 0.2) is 0 Å². The van der Waals surface area contributed by atoms with Crippen LogP contribution in [0.15, 0.2) is 11.5 Å². The van der Waals surface area contributed by atoms with Gasteiger partial charge >= 0.3 is 0 Å². The molecule has 17 heavy (non-hydrogen) atoms. The molecule has 1 heterocycles. The molecule has 0 radical (unpaired) electrons. The average Bonchev–Trinajstić information content (AvgIpc) is 2.71. The summed E-state index contributed by atoms with van der Waals surface area (Å²) in [5, 5.41) is 11.5. The minimum absolute atomic E-state index is 0.113. The molecule has 0 unspecified atom stereocenters. The number of nitrogens with zero attached hydrogens (tertiary/aromatic N) is 3. The Bertz CT molecular complexity index is 459. The molecular weight excluding hydrogens is 234 g/mol. The van der Waals surface area contributed by atoms with Crippen LogP contribution in [-0.4, -0.2) is 29.4 Å². The Kier molecular flexibility index (Phi) is 4.85. The fraction of sp³-hybridized carbons (Fsp3) is 0.417. The van der Waals surface area contributed by atoms with Crippen LogP contribution < -0.4 is 0 Å². The Hall–Kier alpha value is -1.67. The topological polar surface area (TPSA) is 57.0 Å². The molecule has 0 bridgehead atoms. The van der Waals surface area contributed by atoms with Crippen molar-refractivity contribution in [2.45, 2.75) is 13.8 Å². The summed E-state index contributed by atoms with van der Waals surface area (Å²) in [4.78, 5) is 17.4. The molecule has 1 aromatic rings. The van der Waals surface area contributed by atoms with Crippen LogP contribution >= 0.6 is 11.3 Å². The lowest BCUT2D eigenvalue weighted by atomic mass is 10.2. The zero-order valence-electron chi connectivity index (χ0n) is 10.2. The highest BCUT2D eigenvalue weighted by atomic mass is 32.1. The second-order valence-electron chi connectivity index (χ2n) is 3.87. The smallest absolute Gasteiger partial charge is 0.246 e. The molecule has 0 fully saturated rings. The zero-order chi connectivity index (χ0) is 12.8. The van der Waals surface area contributed by atoms with Crippen molar-refractivity contribution >= 4 is 23.3 Å². The molecule has 1 atom stereocenters. The molecule has 4 nitrogen and oxygen atoms in total. The van der Waals surface area contributed by atoms with Crippen molar-refractivity contribution in [2.24, 2.45) is 5.92 Å². The molecule has 1 aromatic heterocycles. The standard InChI is InChI=1S/C12H15N3OS/c1-9(6-13)7-15(3)12(16)5-4-11-8-17-10(2)14-11/h4-5,8-9H,7H2,1-3H3/b5-4+/t9-/m1/s1. The van der Waals surface area contributed by atoms with Crippen molar-refractivity contribution in [3.8, 4) is 6.07 Å². The molecule has 0 saturated heterocycles. The zero-order valence-corrected chi connectivity index (χ0v) is 11.0. The molecule has 1 rings (SSSR count). The van der Waals surface area contributed by atoms with Gasteiger partial charge in [-0.2, -0.15) is 5.26 Å². The number of aromatic nitrogens is 1. The van der Waals surface area contributed by atoms with Crippen molar-refractivity contribution in [3.05, 3.63) is 22.2 Å². The van der Waals surface area contributed by atoms with Gasteiger partial charge in [-0.3, -0.25) is 4.79 Å². The van der Waals surface area contributed by atoms with Gasteiger partial charge < -0.3 is 4.90 Å². The lowest BCUT2D eigenvalue weighted by molar-refractivity contribution is -0.125. The highest BCUT2D eigenvalue weighted by Crippen LogP contribution is 2.09. The number of thiazole rings is 1. The Labute approximate surface area is 105 Å². The van der Waals surface area contributed by atoms with Crippen LogP contribution in [0.2, 0.25) is 0 Å². The fourth-order valence-electron chi connectivity index (χ4n) is 1.28. The summed E-state index contributed by atoms with van der Waals surface area (Å²) in [6, 6.07) is 2.10. The fourth-order valence-corrected chi connectivity index (χ4v) is 1.86. The second kappa shape index (κ2) is 6.16. The van der Waals surface area contributed by atoms with E-state index in [0.717, 1.165) is 10.7 Å². The highest BCUT2D eigenvalue weighted by molar-refractivity contribution is 7.09. The summed E-state index contributed by atoms with van der Waals surface area (Å²) in [5.41, 5.74) is 0.794. The van der Waals surface area contributed by atoms with E-state index in [0.29, 0.717) is 6.54 Å². The molecule has 0 saturated carbocycles. The first-order valence-electron chi connectivity index (χ1n) is 5.28. The number of rotatable bonds is 4. The van der Waals surface area contributed by atoms with Crippen LogP contribution in [0.3, 0.4) is 0 Å². The van der Waals surface area contributed by atoms with Crippen molar-refractivity contribution < 1.29 is 4.79 Å². The normalized spacial score (nSPS) is 12.4. The van der Waals surface area contributed by atoms with E-state index in [2.05, 4.69) is 11.1 Å². The van der Waals surface area contributed by atoms with Gasteiger partial charge in [0, 0.05) is 25.0 Å². The maximum Gasteiger partial charge on any atom is 0.246 e. The van der Waals surface area contributed by atoms with Gasteiger partial charge in [-0.1, -0.05) is 0 Å². The Morgan fingerprint density at radius 3 is 3.00 bits per heavy atom. The van der Waals surface area contributed by atoms with Crippen LogP contribution in [-0.2, 0) is 4.79 Å². The monoisotopic (exact) mass is 249 g/mol. The molecule has 0 aliphatic rings. The third-order valence-electron chi connectivity index (χ3n) is 2.18. The van der Waals surface area contributed by atoms with Gasteiger partial charge in [0.25, 0.3) is 0 Å². The Morgan fingerprint density at radius 2 is 2.47 bits per heavy atom. The second-order valence-corrected chi connectivity index (χ2v) is 4.94. The number of carbonyl (C=O) groups is 1. The first kappa shape index (κ1) is 13.4. The molecule has 0 N–H and O–H groups in total. The molecule has 90 valence electrons. The van der Waals surface area contributed by atoms with E-state index in [1.807, 2.05) is 12.3 Å². The maximum atomic E-state index is 11.7. The quantitative estimate of drug-likeness (QED) is 0.768. The minimum Gasteiger partial charge on any atom is -0.341 e. The number of aryl methyl sites for hydroxylation is 1. The van der Waals surface area contributed by atoms with E-state index in [9.17, 15) is 4.79 Å². The van der Waals surface area contributed by atoms with Crippen molar-refractivity contribution in [2.75, 3.05) is 13.6 Å². The molecule has 0 aliphatic heterocycles. The first-order valence-corrected chi connectivity index (χ1v) is 6.16. The first-order chi connectivity index (χ1) is 8.02. The van der Waals surface area contributed by atoms with E-state index in [-0.39, 0.29) is 11.8 Å². The third-order valence-corrected chi connectivity index (χ3v) is 2.97. The van der Waals surface area contributed by atoms with Gasteiger partial charge in [-0.15, -0.1) is 11.3 Å². The number of nitriles is 1. The number of hydrogen-bond acceptors (Lipinski definition) is 4. The van der Waals surface area contributed by atoms with Crippen molar-refractivity contribution in [3.63, 3.8) is 0 Å². The van der Waals surface area contributed by atoms with Gasteiger partial charge in [0.1, 0.15) is 0 Å². The summed E-state index contributed by atoms with van der Waals surface area (Å²) in [6.45, 7) is 4.15. The number of likely N-dealkylation sites (N-methyl/N-ethyl adjacent to an activating group) is 1. The largest absolute Gasteiger partial charge is 0.341 e. The summed E-state index contributed by atoms with van der Waals surface area (Å²) in [6.07, 6.45) is 3.18. The minimum atomic E-state index is -0.154. The Balaban J connectivity index is 2.54. The SMILES string of the molecule is Cc1nc(/C=C/C(=O)N(C)C[C@H](C)C#N)cs1. The summed E-state index contributed by atoms with van der Waals surface area (Å²) >= 11 is 1.55. The van der Waals surface area contributed by atoms with Crippen LogP contribution in [0, 0.1) is 24.2 Å². The van der Waals surface area contributed by atoms with E-state index >= 15 is 0 Å². The van der Waals surface area contributed by atoms with E-state index in [4.69, 9.17) is 5.26 Å². The predicted molar refractivity (Wildman–Crippen MR) is 68.3 cm³/mol. The number of amides is 1. The van der Waals surface area contributed by atoms with Crippen LogP contribution in [0.5, 0.6) is 0 Å². The van der Waals surface area contributed by atoms with Gasteiger partial charge in [0.2, 0.25) is 5.91 Å². The number of hydrogen-bond donors (Lipinski definition) is 0. The summed E-state index contributed by atoms with van der Waals surface area (Å²) in [5.74, 6) is -0.267. The predicted octanol–water partition coefficient (Wildman–Crippen LogP) is 2.08. The van der Waals surface area contributed by atoms with Crippen molar-refractivity contribution in [1.82, 2.24) is 9.88 Å². The summed E-state index contributed by atoms with van der Waals surface area (Å²) < 4.78 is 0. The molecule has 5 heteroatoms. The molecule has 0 aromatic carbocycles. The van der Waals surface area contributed by atoms with Gasteiger partial charge in [0.05, 0.1) is 22.7 Å². The van der Waals surface area contributed by atoms with Gasteiger partial charge in [-0.05, 0) is 19.9 Å².